The van der Waals surface area contributed by atoms with Crippen LogP contribution in [-0.2, 0) is 0 Å². The van der Waals surface area contributed by atoms with Gasteiger partial charge in [-0.3, -0.25) is 4.99 Å². The van der Waals surface area contributed by atoms with E-state index in [4.69, 9.17) is 0 Å². The van der Waals surface area contributed by atoms with Crippen molar-refractivity contribution in [2.24, 2.45) is 10.9 Å². The highest BCUT2D eigenvalue weighted by Crippen LogP contribution is 2.12. The minimum atomic E-state index is 0.599. The van der Waals surface area contributed by atoms with Gasteiger partial charge in [-0.15, -0.1) is 0 Å². The summed E-state index contributed by atoms with van der Waals surface area (Å²) in [4.78, 5) is 4.08. The van der Waals surface area contributed by atoms with Crippen molar-refractivity contribution in [3.63, 3.8) is 0 Å². The Morgan fingerprint density at radius 1 is 1.55 bits per heavy atom. The number of aliphatic imine (C=N–C) groups is 1. The quantitative estimate of drug-likeness (QED) is 0.547. The van der Waals surface area contributed by atoms with Crippen molar-refractivity contribution in [3.8, 4) is 0 Å². The number of rotatable bonds is 4. The van der Waals surface area contributed by atoms with Gasteiger partial charge in [-0.2, -0.15) is 0 Å². The zero-order chi connectivity index (χ0) is 8.69. The molecule has 0 atom stereocenters. The van der Waals surface area contributed by atoms with Crippen LogP contribution in [-0.4, -0.2) is 6.21 Å². The number of nitrogens with zero attached hydrogens (tertiary/aromatic N) is 1. The molecular weight excluding hydrogens is 134 g/mol. The lowest BCUT2D eigenvalue weighted by Gasteiger charge is -2.05. The highest BCUT2D eigenvalue weighted by Gasteiger charge is 1.97. The van der Waals surface area contributed by atoms with Crippen LogP contribution < -0.4 is 0 Å². The van der Waals surface area contributed by atoms with Crippen LogP contribution in [0, 0.1) is 5.92 Å². The van der Waals surface area contributed by atoms with Crippen molar-refractivity contribution in [3.05, 3.63) is 24.4 Å². The second-order valence-corrected chi connectivity index (χ2v) is 2.75. The van der Waals surface area contributed by atoms with Gasteiger partial charge in [0.1, 0.15) is 0 Å². The zero-order valence-electron chi connectivity index (χ0n) is 7.67. The standard InChI is InChI=1S/C10H17N/c1-5-7-11-8-10(6-2)9(3)4/h5,7-9H,1,6H2,2-4H3/b10-8+,11-7-. The van der Waals surface area contributed by atoms with Gasteiger partial charge in [0.2, 0.25) is 0 Å². The predicted molar refractivity (Wildman–Crippen MR) is 51.9 cm³/mol. The summed E-state index contributed by atoms with van der Waals surface area (Å²) < 4.78 is 0. The molecule has 0 aromatic rings. The Morgan fingerprint density at radius 2 is 2.18 bits per heavy atom. The third-order valence-electron chi connectivity index (χ3n) is 1.58. The van der Waals surface area contributed by atoms with Crippen LogP contribution >= 0.6 is 0 Å². The first-order valence-electron chi connectivity index (χ1n) is 4.05. The number of hydrogen-bond donors (Lipinski definition) is 0. The van der Waals surface area contributed by atoms with Gasteiger partial charge in [0.25, 0.3) is 0 Å². The molecule has 0 fully saturated rings. The van der Waals surface area contributed by atoms with Gasteiger partial charge in [0, 0.05) is 12.4 Å². The van der Waals surface area contributed by atoms with Gasteiger partial charge in [-0.1, -0.05) is 33.4 Å². The molecule has 1 nitrogen and oxygen atoms in total. The molecule has 0 aliphatic carbocycles. The van der Waals surface area contributed by atoms with Crippen LogP contribution in [0.25, 0.3) is 0 Å². The first-order valence-corrected chi connectivity index (χ1v) is 4.05. The van der Waals surface area contributed by atoms with Crippen molar-refractivity contribution in [2.45, 2.75) is 27.2 Å². The molecule has 0 radical (unpaired) electrons. The molecular formula is C10H17N. The van der Waals surface area contributed by atoms with E-state index in [0.717, 1.165) is 6.42 Å². The average molecular weight is 151 g/mol. The van der Waals surface area contributed by atoms with E-state index in [9.17, 15) is 0 Å². The van der Waals surface area contributed by atoms with Gasteiger partial charge in [-0.25, -0.2) is 0 Å². The van der Waals surface area contributed by atoms with Gasteiger partial charge >= 0.3 is 0 Å². The molecule has 0 aromatic carbocycles. The van der Waals surface area contributed by atoms with Gasteiger partial charge in [-0.05, 0) is 17.9 Å². The van der Waals surface area contributed by atoms with E-state index in [0.29, 0.717) is 5.92 Å². The molecule has 0 saturated heterocycles. The summed E-state index contributed by atoms with van der Waals surface area (Å²) in [5.74, 6) is 0.599. The van der Waals surface area contributed by atoms with Crippen molar-refractivity contribution in [2.75, 3.05) is 0 Å². The second-order valence-electron chi connectivity index (χ2n) is 2.75. The molecule has 0 aliphatic heterocycles. The summed E-state index contributed by atoms with van der Waals surface area (Å²) in [5.41, 5.74) is 1.38. The van der Waals surface area contributed by atoms with Gasteiger partial charge < -0.3 is 0 Å². The monoisotopic (exact) mass is 151 g/mol. The lowest BCUT2D eigenvalue weighted by molar-refractivity contribution is 0.729. The van der Waals surface area contributed by atoms with E-state index in [2.05, 4.69) is 32.3 Å². The molecule has 11 heavy (non-hydrogen) atoms. The third kappa shape index (κ3) is 4.54. The largest absolute Gasteiger partial charge is 0.265 e. The van der Waals surface area contributed by atoms with Crippen LogP contribution in [0.5, 0.6) is 0 Å². The molecule has 0 heterocycles. The smallest absolute Gasteiger partial charge is 0.0262 e. The van der Waals surface area contributed by atoms with E-state index < -0.39 is 0 Å². The Kier molecular flexibility index (Phi) is 5.44. The van der Waals surface area contributed by atoms with E-state index in [1.165, 1.54) is 5.57 Å². The van der Waals surface area contributed by atoms with Crippen LogP contribution in [0.2, 0.25) is 0 Å². The molecule has 0 bridgehead atoms. The fourth-order valence-corrected chi connectivity index (χ4v) is 0.848. The van der Waals surface area contributed by atoms with Crippen molar-refractivity contribution in [1.29, 1.82) is 0 Å². The zero-order valence-corrected chi connectivity index (χ0v) is 7.67. The third-order valence-corrected chi connectivity index (χ3v) is 1.58. The van der Waals surface area contributed by atoms with Crippen LogP contribution in [0.15, 0.2) is 29.4 Å². The molecule has 0 rings (SSSR count). The van der Waals surface area contributed by atoms with E-state index in [1.54, 1.807) is 12.3 Å². The molecule has 0 amide bonds. The summed E-state index contributed by atoms with van der Waals surface area (Å²) in [6.07, 6.45) is 6.39. The summed E-state index contributed by atoms with van der Waals surface area (Å²) in [5, 5.41) is 0. The number of allylic oxidation sites excluding steroid dienone is 2. The van der Waals surface area contributed by atoms with Crippen LogP contribution in [0.3, 0.4) is 0 Å². The maximum absolute atomic E-state index is 4.08. The summed E-state index contributed by atoms with van der Waals surface area (Å²) in [6.45, 7) is 10.1. The second kappa shape index (κ2) is 5.90. The molecule has 0 saturated carbocycles. The maximum atomic E-state index is 4.08. The lowest BCUT2D eigenvalue weighted by Crippen LogP contribution is -1.90. The van der Waals surface area contributed by atoms with Crippen molar-refractivity contribution >= 4 is 6.21 Å². The molecule has 0 aliphatic rings. The Hall–Kier alpha value is -0.850. The predicted octanol–water partition coefficient (Wildman–Crippen LogP) is 3.19. The molecule has 0 aromatic heterocycles. The Labute approximate surface area is 69.5 Å². The number of hydrogen-bond acceptors (Lipinski definition) is 1. The SMILES string of the molecule is C=C/C=N\C=C(/CC)C(C)C. The maximum Gasteiger partial charge on any atom is 0.0262 e. The fourth-order valence-electron chi connectivity index (χ4n) is 0.848. The van der Waals surface area contributed by atoms with Gasteiger partial charge in [0.15, 0.2) is 0 Å². The molecule has 0 spiro atoms. The van der Waals surface area contributed by atoms with E-state index >= 15 is 0 Å². The Morgan fingerprint density at radius 3 is 2.55 bits per heavy atom. The molecule has 1 heteroatoms. The van der Waals surface area contributed by atoms with Crippen molar-refractivity contribution in [1.82, 2.24) is 0 Å². The topological polar surface area (TPSA) is 12.4 Å². The van der Waals surface area contributed by atoms with Crippen molar-refractivity contribution < 1.29 is 0 Å². The van der Waals surface area contributed by atoms with E-state index in [1.807, 2.05) is 6.20 Å². The molecule has 0 N–H and O–H groups in total. The lowest BCUT2D eigenvalue weighted by atomic mass is 10.0. The Bertz CT molecular complexity index is 164. The first-order chi connectivity index (χ1) is 5.22. The summed E-state index contributed by atoms with van der Waals surface area (Å²) in [6, 6.07) is 0. The normalized spacial score (nSPS) is 12.9. The fraction of sp³-hybridized carbons (Fsp3) is 0.500. The minimum absolute atomic E-state index is 0.599. The van der Waals surface area contributed by atoms with E-state index in [-0.39, 0.29) is 0 Å². The minimum Gasteiger partial charge on any atom is -0.265 e. The summed E-state index contributed by atoms with van der Waals surface area (Å²) >= 11 is 0. The molecule has 62 valence electrons. The highest BCUT2D eigenvalue weighted by atomic mass is 14.7. The first kappa shape index (κ1) is 10.2. The van der Waals surface area contributed by atoms with Gasteiger partial charge in [0.05, 0.1) is 0 Å². The highest BCUT2D eigenvalue weighted by molar-refractivity contribution is 5.70. The van der Waals surface area contributed by atoms with Crippen LogP contribution in [0.4, 0.5) is 0 Å². The van der Waals surface area contributed by atoms with Crippen LogP contribution in [0.1, 0.15) is 27.2 Å². The molecule has 0 unspecified atom stereocenters. The average Bonchev–Trinajstić information content (AvgIpc) is 1.97. The summed E-state index contributed by atoms with van der Waals surface area (Å²) in [7, 11) is 0. The Balaban J connectivity index is 4.11.